The summed E-state index contributed by atoms with van der Waals surface area (Å²) in [6.45, 7) is 3.22. The first-order valence-electron chi connectivity index (χ1n) is 11.0. The Morgan fingerprint density at radius 2 is 1.73 bits per heavy atom. The molecule has 13 heteroatoms. The fourth-order valence-corrected chi connectivity index (χ4v) is 3.30. The number of carbonyl (C=O) groups excluding carboxylic acids is 1. The first-order chi connectivity index (χ1) is 17.7. The van der Waals surface area contributed by atoms with Gasteiger partial charge in [-0.05, 0) is 26.0 Å². The summed E-state index contributed by atoms with van der Waals surface area (Å²) >= 11 is 0. The van der Waals surface area contributed by atoms with Crippen molar-refractivity contribution in [2.24, 2.45) is 0 Å². The lowest BCUT2D eigenvalue weighted by Crippen LogP contribution is -2.21. The predicted octanol–water partition coefficient (Wildman–Crippen LogP) is 2.95. The molecule has 0 bridgehead atoms. The Balaban J connectivity index is 1.69. The van der Waals surface area contributed by atoms with Gasteiger partial charge in [-0.2, -0.15) is 0 Å². The Labute approximate surface area is 211 Å². The Morgan fingerprint density at radius 1 is 0.973 bits per heavy atom. The second-order valence-electron chi connectivity index (χ2n) is 8.28. The second-order valence-corrected chi connectivity index (χ2v) is 8.28. The van der Waals surface area contributed by atoms with Crippen LogP contribution in [0.2, 0.25) is 0 Å². The molecule has 4 N–H and O–H groups in total. The average molecular weight is 506 g/mol. The van der Waals surface area contributed by atoms with Gasteiger partial charge in [0.25, 0.3) is 5.91 Å². The standard InChI is InChI=1S/C24H24FN9O3/c1-24(2,36)17-11-28-19(12-27-17)32-18-8-16(20(34-33-18)23(35)26-3)31-15-7-5-6-14(21(15)37-4)22-29-9-13(25)10-30-22/h5-12,36H,1-4H3,(H,26,35)(H2,28,31,32,33). The zero-order chi connectivity index (χ0) is 26.6. The van der Waals surface area contributed by atoms with Gasteiger partial charge in [0, 0.05) is 13.1 Å². The number of hydrogen-bond donors (Lipinski definition) is 4. The number of hydrogen-bond acceptors (Lipinski definition) is 11. The highest BCUT2D eigenvalue weighted by atomic mass is 19.1. The van der Waals surface area contributed by atoms with Gasteiger partial charge in [0.2, 0.25) is 0 Å². The number of nitrogens with zero attached hydrogens (tertiary/aromatic N) is 6. The van der Waals surface area contributed by atoms with Crippen LogP contribution < -0.4 is 20.7 Å². The van der Waals surface area contributed by atoms with Crippen LogP contribution in [0.3, 0.4) is 0 Å². The van der Waals surface area contributed by atoms with E-state index in [2.05, 4.69) is 46.1 Å². The maximum absolute atomic E-state index is 13.3. The summed E-state index contributed by atoms with van der Waals surface area (Å²) in [4.78, 5) is 29.0. The maximum atomic E-state index is 13.3. The fraction of sp³-hybridized carbons (Fsp3) is 0.208. The van der Waals surface area contributed by atoms with Crippen molar-refractivity contribution in [1.29, 1.82) is 0 Å². The van der Waals surface area contributed by atoms with Crippen LogP contribution in [0.4, 0.5) is 27.4 Å². The maximum Gasteiger partial charge on any atom is 0.273 e. The molecule has 3 heterocycles. The summed E-state index contributed by atoms with van der Waals surface area (Å²) in [6, 6.07) is 6.77. The number of aromatic nitrogens is 6. The van der Waals surface area contributed by atoms with E-state index in [-0.39, 0.29) is 17.3 Å². The Hall–Kier alpha value is -4.78. The minimum Gasteiger partial charge on any atom is -0.494 e. The van der Waals surface area contributed by atoms with Crippen molar-refractivity contribution in [3.8, 4) is 17.1 Å². The van der Waals surface area contributed by atoms with E-state index in [0.717, 1.165) is 12.4 Å². The van der Waals surface area contributed by atoms with Crippen LogP contribution in [0, 0.1) is 5.82 Å². The Bertz CT molecular complexity index is 1410. The van der Waals surface area contributed by atoms with Crippen molar-refractivity contribution in [3.05, 3.63) is 66.3 Å². The van der Waals surface area contributed by atoms with E-state index >= 15 is 0 Å². The van der Waals surface area contributed by atoms with Crippen molar-refractivity contribution in [2.45, 2.75) is 19.4 Å². The third kappa shape index (κ3) is 5.73. The van der Waals surface area contributed by atoms with E-state index in [1.807, 2.05) is 0 Å². The zero-order valence-electron chi connectivity index (χ0n) is 20.4. The van der Waals surface area contributed by atoms with Crippen LogP contribution in [0.1, 0.15) is 30.0 Å². The first kappa shape index (κ1) is 25.3. The molecule has 0 fully saturated rings. The normalized spacial score (nSPS) is 11.1. The first-order valence-corrected chi connectivity index (χ1v) is 11.0. The molecule has 0 aliphatic heterocycles. The molecule has 0 saturated heterocycles. The highest BCUT2D eigenvalue weighted by Gasteiger charge is 2.20. The predicted molar refractivity (Wildman–Crippen MR) is 133 cm³/mol. The monoisotopic (exact) mass is 505 g/mol. The molecule has 190 valence electrons. The molecule has 0 radical (unpaired) electrons. The minimum atomic E-state index is -1.13. The molecule has 1 amide bonds. The molecule has 1 aromatic carbocycles. The molecular formula is C24H24FN9O3. The van der Waals surface area contributed by atoms with Crippen LogP contribution in [-0.4, -0.2) is 55.3 Å². The fourth-order valence-electron chi connectivity index (χ4n) is 3.30. The molecular weight excluding hydrogens is 481 g/mol. The van der Waals surface area contributed by atoms with Gasteiger partial charge < -0.3 is 25.8 Å². The molecule has 37 heavy (non-hydrogen) atoms. The molecule has 12 nitrogen and oxygen atoms in total. The molecule has 0 unspecified atom stereocenters. The van der Waals surface area contributed by atoms with E-state index in [4.69, 9.17) is 4.74 Å². The molecule has 0 aliphatic carbocycles. The van der Waals surface area contributed by atoms with Crippen molar-refractivity contribution < 1.29 is 19.0 Å². The number of halogens is 1. The van der Waals surface area contributed by atoms with Crippen LogP contribution >= 0.6 is 0 Å². The van der Waals surface area contributed by atoms with Gasteiger partial charge in [0.15, 0.2) is 28.9 Å². The van der Waals surface area contributed by atoms with Crippen LogP contribution in [0.5, 0.6) is 5.75 Å². The molecule has 0 spiro atoms. The second kappa shape index (κ2) is 10.5. The molecule has 0 atom stereocenters. The number of aliphatic hydroxyl groups is 1. The van der Waals surface area contributed by atoms with E-state index < -0.39 is 17.3 Å². The third-order valence-electron chi connectivity index (χ3n) is 5.12. The number of methoxy groups -OCH3 is 1. The lowest BCUT2D eigenvalue weighted by Gasteiger charge is -2.17. The summed E-state index contributed by atoms with van der Waals surface area (Å²) in [5.41, 5.74) is 0.598. The van der Waals surface area contributed by atoms with Gasteiger partial charge in [-0.3, -0.25) is 9.78 Å². The van der Waals surface area contributed by atoms with Gasteiger partial charge in [-0.25, -0.2) is 19.3 Å². The zero-order valence-corrected chi connectivity index (χ0v) is 20.4. The SMILES string of the molecule is CNC(=O)c1nnc(Nc2cnc(C(C)(C)O)cn2)cc1Nc1cccc(-c2ncc(F)cn2)c1OC. The molecule has 0 aliphatic rings. The molecule has 4 aromatic rings. The average Bonchev–Trinajstić information content (AvgIpc) is 2.88. The van der Waals surface area contributed by atoms with Gasteiger partial charge in [0.05, 0.1) is 54.5 Å². The summed E-state index contributed by atoms with van der Waals surface area (Å²) in [7, 11) is 2.95. The van der Waals surface area contributed by atoms with E-state index in [1.165, 1.54) is 26.6 Å². The molecule has 0 saturated carbocycles. The van der Waals surface area contributed by atoms with Gasteiger partial charge in [0.1, 0.15) is 11.4 Å². The lowest BCUT2D eigenvalue weighted by molar-refractivity contribution is 0.0734. The summed E-state index contributed by atoms with van der Waals surface area (Å²) in [5.74, 6) is 0.238. The van der Waals surface area contributed by atoms with Gasteiger partial charge in [-0.15, -0.1) is 10.2 Å². The quantitative estimate of drug-likeness (QED) is 0.279. The number of rotatable bonds is 8. The van der Waals surface area contributed by atoms with Gasteiger partial charge in [-0.1, -0.05) is 6.07 Å². The van der Waals surface area contributed by atoms with E-state index in [9.17, 15) is 14.3 Å². The summed E-state index contributed by atoms with van der Waals surface area (Å²) in [6.07, 6.45) is 5.02. The lowest BCUT2D eigenvalue weighted by atomic mass is 10.1. The topological polar surface area (TPSA) is 160 Å². The molecule has 4 rings (SSSR count). The Kier molecular flexibility index (Phi) is 7.15. The number of amides is 1. The van der Waals surface area contributed by atoms with Crippen molar-refractivity contribution in [3.63, 3.8) is 0 Å². The smallest absolute Gasteiger partial charge is 0.273 e. The number of ether oxygens (including phenoxy) is 1. The van der Waals surface area contributed by atoms with Crippen LogP contribution in [-0.2, 0) is 5.60 Å². The summed E-state index contributed by atoms with van der Waals surface area (Å²) in [5, 5.41) is 26.9. The largest absolute Gasteiger partial charge is 0.494 e. The number of benzene rings is 1. The number of carbonyl (C=O) groups is 1. The summed E-state index contributed by atoms with van der Waals surface area (Å²) < 4.78 is 18.9. The number of anilines is 4. The van der Waals surface area contributed by atoms with Gasteiger partial charge >= 0.3 is 0 Å². The Morgan fingerprint density at radius 3 is 2.35 bits per heavy atom. The number of nitrogens with one attached hydrogen (secondary N) is 3. The van der Waals surface area contributed by atoms with Crippen molar-refractivity contribution >= 4 is 28.9 Å². The third-order valence-corrected chi connectivity index (χ3v) is 5.12. The van der Waals surface area contributed by atoms with E-state index in [0.29, 0.717) is 34.2 Å². The molecule has 3 aromatic heterocycles. The van der Waals surface area contributed by atoms with Crippen molar-refractivity contribution in [1.82, 2.24) is 35.5 Å². The van der Waals surface area contributed by atoms with Crippen molar-refractivity contribution in [2.75, 3.05) is 24.8 Å². The van der Waals surface area contributed by atoms with E-state index in [1.54, 1.807) is 38.1 Å². The van der Waals surface area contributed by atoms with Crippen LogP contribution in [0.15, 0.2) is 49.1 Å². The number of para-hydroxylation sites is 1. The highest BCUT2D eigenvalue weighted by molar-refractivity contribution is 5.99. The highest BCUT2D eigenvalue weighted by Crippen LogP contribution is 2.37. The minimum absolute atomic E-state index is 0.0296. The van der Waals surface area contributed by atoms with Crippen LogP contribution in [0.25, 0.3) is 11.4 Å².